The zero-order valence-corrected chi connectivity index (χ0v) is 12.4. The van der Waals surface area contributed by atoms with Crippen molar-refractivity contribution in [2.45, 2.75) is 39.3 Å². The number of rotatable bonds is 6. The molecule has 0 radical (unpaired) electrons. The Morgan fingerprint density at radius 2 is 2.33 bits per heavy atom. The van der Waals surface area contributed by atoms with E-state index in [1.54, 1.807) is 18.7 Å². The van der Waals surface area contributed by atoms with Gasteiger partial charge in [0.15, 0.2) is 0 Å². The predicted octanol–water partition coefficient (Wildman–Crippen LogP) is 1.83. The van der Waals surface area contributed by atoms with Crippen LogP contribution in [0.3, 0.4) is 0 Å². The van der Waals surface area contributed by atoms with E-state index < -0.39 is 0 Å². The minimum absolute atomic E-state index is 0.0446. The molecule has 2 heterocycles. The van der Waals surface area contributed by atoms with Crippen LogP contribution in [0.15, 0.2) is 30.9 Å². The van der Waals surface area contributed by atoms with Crippen LogP contribution in [0.5, 0.6) is 0 Å². The minimum Gasteiger partial charge on any atom is -0.383 e. The van der Waals surface area contributed by atoms with Crippen LogP contribution in [0.2, 0.25) is 0 Å². The van der Waals surface area contributed by atoms with Crippen molar-refractivity contribution in [3.8, 4) is 11.3 Å². The number of carbonyl (C=O) groups is 1. The average molecular weight is 287 g/mol. The molecular weight excluding hydrogens is 266 g/mol. The van der Waals surface area contributed by atoms with E-state index in [-0.39, 0.29) is 11.9 Å². The Bertz CT molecular complexity index is 608. The molecule has 0 aliphatic carbocycles. The molecule has 0 aromatic carbocycles. The van der Waals surface area contributed by atoms with Crippen molar-refractivity contribution in [2.75, 3.05) is 5.73 Å². The largest absolute Gasteiger partial charge is 0.383 e. The minimum atomic E-state index is 0.0446. The third-order valence-electron chi connectivity index (χ3n) is 3.43. The van der Waals surface area contributed by atoms with Gasteiger partial charge in [0.1, 0.15) is 5.82 Å². The lowest BCUT2D eigenvalue weighted by Gasteiger charge is -2.13. The Kier molecular flexibility index (Phi) is 4.92. The summed E-state index contributed by atoms with van der Waals surface area (Å²) >= 11 is 0. The smallest absolute Gasteiger partial charge is 0.221 e. The summed E-state index contributed by atoms with van der Waals surface area (Å²) in [4.78, 5) is 20.1. The zero-order valence-electron chi connectivity index (χ0n) is 12.4. The lowest BCUT2D eigenvalue weighted by molar-refractivity contribution is -0.121. The van der Waals surface area contributed by atoms with Gasteiger partial charge >= 0.3 is 0 Å². The maximum atomic E-state index is 11.8. The first-order valence-electron chi connectivity index (χ1n) is 7.12. The number of carbonyl (C=O) groups excluding carboxylic acids is 1. The maximum Gasteiger partial charge on any atom is 0.221 e. The molecule has 1 amide bonds. The number of amides is 1. The second-order valence-electron chi connectivity index (χ2n) is 5.04. The molecule has 2 aromatic heterocycles. The van der Waals surface area contributed by atoms with Gasteiger partial charge in [0.2, 0.25) is 5.91 Å². The molecule has 1 unspecified atom stereocenters. The SMILES string of the molecule is CCC(C)NC(=O)CCn1cncc1-c1cccnc1N. The van der Waals surface area contributed by atoms with Gasteiger partial charge in [-0.3, -0.25) is 4.79 Å². The highest BCUT2D eigenvalue weighted by Crippen LogP contribution is 2.23. The second kappa shape index (κ2) is 6.88. The van der Waals surface area contributed by atoms with Gasteiger partial charge in [-0.2, -0.15) is 0 Å². The number of pyridine rings is 1. The molecule has 2 aromatic rings. The molecule has 0 fully saturated rings. The maximum absolute atomic E-state index is 11.8. The fraction of sp³-hybridized carbons (Fsp3) is 0.400. The molecular formula is C15H21N5O. The number of hydrogen-bond acceptors (Lipinski definition) is 4. The normalized spacial score (nSPS) is 12.1. The Morgan fingerprint density at radius 3 is 3.05 bits per heavy atom. The van der Waals surface area contributed by atoms with Gasteiger partial charge in [-0.05, 0) is 25.5 Å². The van der Waals surface area contributed by atoms with Gasteiger partial charge in [-0.1, -0.05) is 6.92 Å². The van der Waals surface area contributed by atoms with E-state index in [1.807, 2.05) is 30.5 Å². The molecule has 0 aliphatic heterocycles. The van der Waals surface area contributed by atoms with E-state index in [4.69, 9.17) is 5.73 Å². The van der Waals surface area contributed by atoms with Gasteiger partial charge in [-0.15, -0.1) is 0 Å². The molecule has 0 saturated carbocycles. The van der Waals surface area contributed by atoms with Crippen LogP contribution in [-0.2, 0) is 11.3 Å². The van der Waals surface area contributed by atoms with E-state index in [0.29, 0.717) is 18.8 Å². The average Bonchev–Trinajstić information content (AvgIpc) is 2.93. The summed E-state index contributed by atoms with van der Waals surface area (Å²) < 4.78 is 1.92. The molecule has 0 spiro atoms. The van der Waals surface area contributed by atoms with E-state index >= 15 is 0 Å². The van der Waals surface area contributed by atoms with Crippen molar-refractivity contribution in [1.82, 2.24) is 19.9 Å². The van der Waals surface area contributed by atoms with Crippen LogP contribution < -0.4 is 11.1 Å². The van der Waals surface area contributed by atoms with Crippen molar-refractivity contribution in [1.29, 1.82) is 0 Å². The molecule has 21 heavy (non-hydrogen) atoms. The monoisotopic (exact) mass is 287 g/mol. The molecule has 1 atom stereocenters. The molecule has 2 rings (SSSR count). The summed E-state index contributed by atoms with van der Waals surface area (Å²) in [5.41, 5.74) is 7.59. The Hall–Kier alpha value is -2.37. The van der Waals surface area contributed by atoms with Crippen LogP contribution >= 0.6 is 0 Å². The van der Waals surface area contributed by atoms with Crippen molar-refractivity contribution < 1.29 is 4.79 Å². The lowest BCUT2D eigenvalue weighted by atomic mass is 10.2. The second-order valence-corrected chi connectivity index (χ2v) is 5.04. The number of aryl methyl sites for hydroxylation is 1. The van der Waals surface area contributed by atoms with Crippen LogP contribution in [0.1, 0.15) is 26.7 Å². The van der Waals surface area contributed by atoms with Gasteiger partial charge in [-0.25, -0.2) is 9.97 Å². The molecule has 3 N–H and O–H groups in total. The Balaban J connectivity index is 2.05. The number of aromatic nitrogens is 3. The Morgan fingerprint density at radius 1 is 1.52 bits per heavy atom. The molecule has 0 saturated heterocycles. The third-order valence-corrected chi connectivity index (χ3v) is 3.43. The summed E-state index contributed by atoms with van der Waals surface area (Å²) in [6.07, 6.45) is 6.43. The summed E-state index contributed by atoms with van der Waals surface area (Å²) in [5, 5.41) is 2.95. The van der Waals surface area contributed by atoms with Gasteiger partial charge in [0.25, 0.3) is 0 Å². The highest BCUT2D eigenvalue weighted by Gasteiger charge is 2.11. The first kappa shape index (κ1) is 15.0. The number of nitrogens with one attached hydrogen (secondary N) is 1. The van der Waals surface area contributed by atoms with E-state index in [9.17, 15) is 4.79 Å². The van der Waals surface area contributed by atoms with E-state index in [1.165, 1.54) is 0 Å². The molecule has 0 aliphatic rings. The summed E-state index contributed by atoms with van der Waals surface area (Å²) in [7, 11) is 0. The van der Waals surface area contributed by atoms with Crippen LogP contribution in [0.4, 0.5) is 5.82 Å². The topological polar surface area (TPSA) is 85.8 Å². The number of anilines is 1. The van der Waals surface area contributed by atoms with Crippen molar-refractivity contribution in [2.24, 2.45) is 0 Å². The van der Waals surface area contributed by atoms with Crippen LogP contribution in [-0.4, -0.2) is 26.5 Å². The summed E-state index contributed by atoms with van der Waals surface area (Å²) in [6.45, 7) is 4.60. The Labute approximate surface area is 124 Å². The lowest BCUT2D eigenvalue weighted by Crippen LogP contribution is -2.32. The molecule has 6 heteroatoms. The first-order valence-corrected chi connectivity index (χ1v) is 7.12. The van der Waals surface area contributed by atoms with Gasteiger partial charge < -0.3 is 15.6 Å². The number of nitrogens with zero attached hydrogens (tertiary/aromatic N) is 3. The quantitative estimate of drug-likeness (QED) is 0.848. The van der Waals surface area contributed by atoms with Crippen molar-refractivity contribution >= 4 is 11.7 Å². The van der Waals surface area contributed by atoms with Gasteiger partial charge in [0.05, 0.1) is 18.2 Å². The highest BCUT2D eigenvalue weighted by molar-refractivity contribution is 5.76. The third kappa shape index (κ3) is 3.81. The number of imidazole rings is 1. The van der Waals surface area contributed by atoms with Crippen molar-refractivity contribution in [3.63, 3.8) is 0 Å². The fourth-order valence-electron chi connectivity index (χ4n) is 2.03. The first-order chi connectivity index (χ1) is 10.1. The summed E-state index contributed by atoms with van der Waals surface area (Å²) in [6, 6.07) is 3.93. The zero-order chi connectivity index (χ0) is 15.2. The van der Waals surface area contributed by atoms with E-state index in [2.05, 4.69) is 15.3 Å². The van der Waals surface area contributed by atoms with Crippen molar-refractivity contribution in [3.05, 3.63) is 30.9 Å². The number of nitrogen functional groups attached to an aromatic ring is 1. The standard InChI is InChI=1S/C15H21N5O/c1-3-11(2)19-14(21)6-8-20-10-17-9-13(20)12-5-4-7-18-15(12)16/h4-5,7,9-11H,3,6,8H2,1-2H3,(H2,16,18)(H,19,21). The van der Waals surface area contributed by atoms with E-state index in [0.717, 1.165) is 17.7 Å². The fourth-order valence-corrected chi connectivity index (χ4v) is 2.03. The number of nitrogens with two attached hydrogens (primary N) is 1. The molecule has 0 bridgehead atoms. The van der Waals surface area contributed by atoms with Crippen LogP contribution in [0, 0.1) is 0 Å². The van der Waals surface area contributed by atoms with Gasteiger partial charge in [0, 0.05) is 30.8 Å². The molecule has 6 nitrogen and oxygen atoms in total. The predicted molar refractivity (Wildman–Crippen MR) is 82.4 cm³/mol. The van der Waals surface area contributed by atoms with Crippen LogP contribution in [0.25, 0.3) is 11.3 Å². The summed E-state index contributed by atoms with van der Waals surface area (Å²) in [5.74, 6) is 0.506. The highest BCUT2D eigenvalue weighted by atomic mass is 16.1. The molecule has 112 valence electrons. The number of hydrogen-bond donors (Lipinski definition) is 2.